The predicted octanol–water partition coefficient (Wildman–Crippen LogP) is 5.34. The Bertz CT molecular complexity index is 901. The molecule has 146 valence electrons. The number of azo groups is 1. The number of nitrogens with zero attached hydrogens (tertiary/aromatic N) is 4. The van der Waals surface area contributed by atoms with Crippen LogP contribution in [0, 0.1) is 0 Å². The fourth-order valence-corrected chi connectivity index (χ4v) is 3.33. The number of imide groups is 1. The minimum atomic E-state index is -0.255. The van der Waals surface area contributed by atoms with E-state index < -0.39 is 0 Å². The molecule has 0 saturated heterocycles. The van der Waals surface area contributed by atoms with Crippen LogP contribution in [0.1, 0.15) is 54.8 Å². The monoisotopic (exact) mass is 378 g/mol. The van der Waals surface area contributed by atoms with E-state index >= 15 is 0 Å². The summed E-state index contributed by atoms with van der Waals surface area (Å²) in [7, 11) is 0. The minimum absolute atomic E-state index is 0.123. The summed E-state index contributed by atoms with van der Waals surface area (Å²) < 4.78 is 0. The summed E-state index contributed by atoms with van der Waals surface area (Å²) in [5.41, 5.74) is 3.28. The van der Waals surface area contributed by atoms with E-state index in [0.717, 1.165) is 30.9 Å². The molecule has 1 aliphatic heterocycles. The van der Waals surface area contributed by atoms with Crippen molar-refractivity contribution in [3.63, 3.8) is 0 Å². The number of fused-ring (bicyclic) bond motifs is 1. The highest BCUT2D eigenvalue weighted by Gasteiger charge is 2.37. The zero-order valence-electron chi connectivity index (χ0n) is 16.8. The number of hydrogen-bond acceptors (Lipinski definition) is 5. The average molecular weight is 378 g/mol. The molecule has 1 heterocycles. The molecule has 6 nitrogen and oxygen atoms in total. The summed E-state index contributed by atoms with van der Waals surface area (Å²) in [6, 6.07) is 12.8. The van der Waals surface area contributed by atoms with Crippen LogP contribution in [0.25, 0.3) is 0 Å². The smallest absolute Gasteiger partial charge is 0.261 e. The molecule has 0 fully saturated rings. The van der Waals surface area contributed by atoms with Crippen molar-refractivity contribution >= 4 is 28.9 Å². The second kappa shape index (κ2) is 8.33. The van der Waals surface area contributed by atoms with Gasteiger partial charge >= 0.3 is 0 Å². The van der Waals surface area contributed by atoms with Gasteiger partial charge in [0, 0.05) is 24.8 Å². The van der Waals surface area contributed by atoms with Gasteiger partial charge in [0.1, 0.15) is 0 Å². The molecule has 0 N–H and O–H groups in total. The van der Waals surface area contributed by atoms with Gasteiger partial charge in [-0.25, -0.2) is 0 Å². The Morgan fingerprint density at radius 3 is 2.04 bits per heavy atom. The van der Waals surface area contributed by atoms with Gasteiger partial charge in [0.25, 0.3) is 11.8 Å². The van der Waals surface area contributed by atoms with E-state index in [1.54, 1.807) is 18.2 Å². The van der Waals surface area contributed by atoms with Crippen LogP contribution < -0.4 is 4.90 Å². The van der Waals surface area contributed by atoms with Crippen molar-refractivity contribution in [2.45, 2.75) is 40.2 Å². The van der Waals surface area contributed by atoms with E-state index in [2.05, 4.69) is 29.0 Å². The van der Waals surface area contributed by atoms with Crippen LogP contribution in [0.4, 0.5) is 17.1 Å². The molecular weight excluding hydrogens is 352 g/mol. The largest absolute Gasteiger partial charge is 0.372 e. The summed E-state index contributed by atoms with van der Waals surface area (Å²) in [4.78, 5) is 28.7. The van der Waals surface area contributed by atoms with Crippen molar-refractivity contribution in [1.29, 1.82) is 0 Å². The third-order valence-corrected chi connectivity index (χ3v) is 5.19. The summed E-state index contributed by atoms with van der Waals surface area (Å²) in [5.74, 6) is -0.486. The molecule has 0 bridgehead atoms. The molecule has 28 heavy (non-hydrogen) atoms. The maximum atomic E-state index is 12.6. The van der Waals surface area contributed by atoms with E-state index in [-0.39, 0.29) is 17.9 Å². The van der Waals surface area contributed by atoms with Gasteiger partial charge in [0.15, 0.2) is 0 Å². The second-order valence-corrected chi connectivity index (χ2v) is 6.86. The van der Waals surface area contributed by atoms with E-state index in [9.17, 15) is 9.59 Å². The Balaban J connectivity index is 1.79. The van der Waals surface area contributed by atoms with Crippen molar-refractivity contribution in [3.8, 4) is 0 Å². The first-order chi connectivity index (χ1) is 13.5. The maximum absolute atomic E-state index is 12.6. The highest BCUT2D eigenvalue weighted by Crippen LogP contribution is 2.30. The molecule has 1 aliphatic rings. The molecule has 1 unspecified atom stereocenters. The molecule has 0 saturated carbocycles. The predicted molar refractivity (Wildman–Crippen MR) is 111 cm³/mol. The van der Waals surface area contributed by atoms with Crippen molar-refractivity contribution in [2.24, 2.45) is 10.2 Å². The topological polar surface area (TPSA) is 65.3 Å². The number of rotatable bonds is 7. The average Bonchev–Trinajstić information content (AvgIpc) is 2.97. The first-order valence-corrected chi connectivity index (χ1v) is 9.78. The summed E-state index contributed by atoms with van der Waals surface area (Å²) in [5, 5.41) is 8.51. The summed E-state index contributed by atoms with van der Waals surface area (Å²) in [6.45, 7) is 9.99. The second-order valence-electron chi connectivity index (χ2n) is 6.86. The van der Waals surface area contributed by atoms with Crippen LogP contribution in [0.15, 0.2) is 52.7 Å². The molecule has 0 aromatic heterocycles. The molecule has 2 aromatic rings. The van der Waals surface area contributed by atoms with Crippen LogP contribution in [-0.4, -0.2) is 35.8 Å². The highest BCUT2D eigenvalue weighted by molar-refractivity contribution is 6.21. The number of anilines is 1. The van der Waals surface area contributed by atoms with Gasteiger partial charge in [-0.2, -0.15) is 10.2 Å². The SMILES string of the molecule is CCC(C)N1C(=O)c2ccc(N=Nc3ccc(N(CC)CC)cc3)cc2C1=O. The van der Waals surface area contributed by atoms with Gasteiger partial charge in [-0.1, -0.05) is 6.92 Å². The lowest BCUT2D eigenvalue weighted by Crippen LogP contribution is -2.37. The summed E-state index contributed by atoms with van der Waals surface area (Å²) >= 11 is 0. The number of amides is 2. The molecule has 0 spiro atoms. The lowest BCUT2D eigenvalue weighted by molar-refractivity contribution is 0.0593. The van der Waals surface area contributed by atoms with E-state index in [4.69, 9.17) is 0 Å². The lowest BCUT2D eigenvalue weighted by atomic mass is 10.1. The van der Waals surface area contributed by atoms with Crippen molar-refractivity contribution in [2.75, 3.05) is 18.0 Å². The maximum Gasteiger partial charge on any atom is 0.261 e. The third kappa shape index (κ3) is 3.67. The van der Waals surface area contributed by atoms with Crippen LogP contribution in [-0.2, 0) is 0 Å². The third-order valence-electron chi connectivity index (χ3n) is 5.19. The first kappa shape index (κ1) is 19.7. The molecule has 6 heteroatoms. The van der Waals surface area contributed by atoms with E-state index in [0.29, 0.717) is 16.8 Å². The molecule has 0 radical (unpaired) electrons. The van der Waals surface area contributed by atoms with Gasteiger partial charge in [0.2, 0.25) is 0 Å². The fourth-order valence-electron chi connectivity index (χ4n) is 3.33. The van der Waals surface area contributed by atoms with Crippen molar-refractivity contribution in [3.05, 3.63) is 53.6 Å². The van der Waals surface area contributed by atoms with Crippen LogP contribution in [0.3, 0.4) is 0 Å². The quantitative estimate of drug-likeness (QED) is 0.482. The lowest BCUT2D eigenvalue weighted by Gasteiger charge is -2.20. The van der Waals surface area contributed by atoms with E-state index in [1.807, 2.05) is 38.1 Å². The molecule has 3 rings (SSSR count). The Kier molecular flexibility index (Phi) is 5.87. The Hall–Kier alpha value is -3.02. The number of carbonyl (C=O) groups is 2. The van der Waals surface area contributed by atoms with Crippen molar-refractivity contribution in [1.82, 2.24) is 4.90 Å². The molecule has 1 atom stereocenters. The van der Waals surface area contributed by atoms with Gasteiger partial charge in [-0.15, -0.1) is 0 Å². The zero-order valence-corrected chi connectivity index (χ0v) is 16.8. The first-order valence-electron chi connectivity index (χ1n) is 9.78. The van der Waals surface area contributed by atoms with Crippen molar-refractivity contribution < 1.29 is 9.59 Å². The Morgan fingerprint density at radius 1 is 0.857 bits per heavy atom. The Labute approximate surface area is 165 Å². The van der Waals surface area contributed by atoms with Gasteiger partial charge in [-0.05, 0) is 69.7 Å². The normalized spacial score (nSPS) is 14.6. The number of hydrogen-bond donors (Lipinski definition) is 0. The van der Waals surface area contributed by atoms with Crippen LogP contribution >= 0.6 is 0 Å². The van der Waals surface area contributed by atoms with Crippen LogP contribution in [0.2, 0.25) is 0 Å². The fraction of sp³-hybridized carbons (Fsp3) is 0.364. The molecule has 2 amide bonds. The van der Waals surface area contributed by atoms with Gasteiger partial charge in [-0.3, -0.25) is 14.5 Å². The molecular formula is C22H26N4O2. The summed E-state index contributed by atoms with van der Waals surface area (Å²) in [6.07, 6.45) is 0.724. The number of benzene rings is 2. The van der Waals surface area contributed by atoms with E-state index in [1.165, 1.54) is 4.90 Å². The van der Waals surface area contributed by atoms with Gasteiger partial charge in [0.05, 0.1) is 22.5 Å². The standard InChI is InChI=1S/C22H26N4O2/c1-5-15(4)26-21(27)19-13-10-17(14-20(19)22(26)28)24-23-16-8-11-18(12-9-16)25(6-2)7-3/h8-15H,5-7H2,1-4H3. The number of carbonyl (C=O) groups excluding carboxylic acids is 2. The zero-order chi connectivity index (χ0) is 20.3. The van der Waals surface area contributed by atoms with Gasteiger partial charge < -0.3 is 4.90 Å². The minimum Gasteiger partial charge on any atom is -0.372 e. The van der Waals surface area contributed by atoms with Crippen LogP contribution in [0.5, 0.6) is 0 Å². The molecule has 2 aromatic carbocycles. The Morgan fingerprint density at radius 2 is 1.43 bits per heavy atom. The molecule has 0 aliphatic carbocycles. The highest BCUT2D eigenvalue weighted by atomic mass is 16.2.